The van der Waals surface area contributed by atoms with E-state index in [1.54, 1.807) is 0 Å². The molecule has 0 saturated carbocycles. The average molecular weight is 280 g/mol. The highest BCUT2D eigenvalue weighted by Crippen LogP contribution is 2.46. The lowest BCUT2D eigenvalue weighted by molar-refractivity contribution is -0.143. The van der Waals surface area contributed by atoms with Crippen molar-refractivity contribution >= 4 is 5.97 Å². The highest BCUT2D eigenvalue weighted by atomic mass is 16.5. The molecule has 0 heterocycles. The van der Waals surface area contributed by atoms with Gasteiger partial charge in [0.15, 0.2) is 0 Å². The molecular formula is C19H20O2. The molecule has 0 bridgehead atoms. The molecule has 0 amide bonds. The summed E-state index contributed by atoms with van der Waals surface area (Å²) in [6.07, 6.45) is 1.47. The van der Waals surface area contributed by atoms with Crippen molar-refractivity contribution in [2.24, 2.45) is 0 Å². The van der Waals surface area contributed by atoms with Crippen LogP contribution in [0.5, 0.6) is 0 Å². The minimum atomic E-state index is -0.0917. The monoisotopic (exact) mass is 280 g/mol. The van der Waals surface area contributed by atoms with Crippen molar-refractivity contribution in [1.29, 1.82) is 0 Å². The van der Waals surface area contributed by atoms with Gasteiger partial charge >= 0.3 is 5.97 Å². The smallest absolute Gasteiger partial charge is 0.306 e. The lowest BCUT2D eigenvalue weighted by Gasteiger charge is -2.12. The second kappa shape index (κ2) is 6.13. The van der Waals surface area contributed by atoms with E-state index in [2.05, 4.69) is 48.5 Å². The molecule has 2 atom stereocenters. The van der Waals surface area contributed by atoms with Crippen molar-refractivity contribution in [3.8, 4) is 0 Å². The first-order valence-electron chi connectivity index (χ1n) is 7.59. The lowest BCUT2D eigenvalue weighted by atomic mass is 9.92. The van der Waals surface area contributed by atoms with Gasteiger partial charge in [0.25, 0.3) is 0 Å². The van der Waals surface area contributed by atoms with Crippen LogP contribution in [0.25, 0.3) is 0 Å². The minimum Gasteiger partial charge on any atom is -0.466 e. The summed E-state index contributed by atoms with van der Waals surface area (Å²) in [7, 11) is 0. The van der Waals surface area contributed by atoms with Gasteiger partial charge in [0.1, 0.15) is 0 Å². The predicted octanol–water partition coefficient (Wildman–Crippen LogP) is 4.26. The van der Waals surface area contributed by atoms with E-state index in [0.29, 0.717) is 18.9 Å². The molecule has 2 nitrogen and oxygen atoms in total. The van der Waals surface area contributed by atoms with Gasteiger partial charge in [-0.1, -0.05) is 54.6 Å². The molecular weight excluding hydrogens is 260 g/mol. The Labute approximate surface area is 125 Å². The number of ether oxygens (including phenoxy) is 1. The number of carbonyl (C=O) groups excluding carboxylic acids is 1. The van der Waals surface area contributed by atoms with Crippen molar-refractivity contribution in [3.63, 3.8) is 0 Å². The quantitative estimate of drug-likeness (QED) is 0.782. The first kappa shape index (κ1) is 13.9. The number of benzene rings is 2. The predicted molar refractivity (Wildman–Crippen MR) is 83.3 cm³/mol. The molecule has 0 aromatic heterocycles. The second-order valence-corrected chi connectivity index (χ2v) is 5.53. The normalized spacial score (nSPS) is 20.0. The number of esters is 1. The van der Waals surface area contributed by atoms with Gasteiger partial charge in [-0.15, -0.1) is 0 Å². The SMILES string of the molecule is CCOC(=O)C[C@@H]1C[C@@H](c2ccccc2)c2ccccc21. The number of hydrogen-bond donors (Lipinski definition) is 0. The molecule has 2 aromatic carbocycles. The van der Waals surface area contributed by atoms with E-state index in [0.717, 1.165) is 6.42 Å². The van der Waals surface area contributed by atoms with Crippen LogP contribution in [0.3, 0.4) is 0 Å². The lowest BCUT2D eigenvalue weighted by Crippen LogP contribution is -2.08. The van der Waals surface area contributed by atoms with Gasteiger partial charge in [0, 0.05) is 5.92 Å². The van der Waals surface area contributed by atoms with E-state index in [9.17, 15) is 4.79 Å². The molecule has 0 radical (unpaired) electrons. The Morgan fingerprint density at radius 1 is 1.05 bits per heavy atom. The van der Waals surface area contributed by atoms with Crippen LogP contribution in [-0.2, 0) is 9.53 Å². The molecule has 108 valence electrons. The van der Waals surface area contributed by atoms with Crippen LogP contribution in [0.4, 0.5) is 0 Å². The van der Waals surface area contributed by atoms with Crippen LogP contribution in [0.15, 0.2) is 54.6 Å². The maximum absolute atomic E-state index is 11.8. The van der Waals surface area contributed by atoms with Crippen LogP contribution in [-0.4, -0.2) is 12.6 Å². The Hall–Kier alpha value is -2.09. The summed E-state index contributed by atoms with van der Waals surface area (Å²) >= 11 is 0. The summed E-state index contributed by atoms with van der Waals surface area (Å²) in [5, 5.41) is 0. The Morgan fingerprint density at radius 2 is 1.71 bits per heavy atom. The van der Waals surface area contributed by atoms with Gasteiger partial charge in [-0.25, -0.2) is 0 Å². The van der Waals surface area contributed by atoms with E-state index in [4.69, 9.17) is 4.74 Å². The molecule has 0 saturated heterocycles. The van der Waals surface area contributed by atoms with Crippen molar-refractivity contribution in [3.05, 3.63) is 71.3 Å². The minimum absolute atomic E-state index is 0.0917. The van der Waals surface area contributed by atoms with Gasteiger partial charge in [-0.3, -0.25) is 4.79 Å². The first-order chi connectivity index (χ1) is 10.3. The molecule has 0 unspecified atom stereocenters. The maximum atomic E-state index is 11.8. The standard InChI is InChI=1S/C19H20O2/c1-2-21-19(20)13-15-12-18(14-8-4-3-5-9-14)17-11-7-6-10-16(15)17/h3-11,15,18H,2,12-13H2,1H3/t15-,18-/m0/s1. The molecule has 2 aromatic rings. The number of fused-ring (bicyclic) bond motifs is 1. The Bertz CT molecular complexity index is 618. The summed E-state index contributed by atoms with van der Waals surface area (Å²) in [5.41, 5.74) is 3.99. The number of carbonyl (C=O) groups is 1. The maximum Gasteiger partial charge on any atom is 0.306 e. The van der Waals surface area contributed by atoms with E-state index < -0.39 is 0 Å². The highest BCUT2D eigenvalue weighted by molar-refractivity contribution is 5.71. The zero-order valence-corrected chi connectivity index (χ0v) is 12.3. The highest BCUT2D eigenvalue weighted by Gasteiger charge is 2.32. The van der Waals surface area contributed by atoms with Crippen LogP contribution >= 0.6 is 0 Å². The molecule has 0 spiro atoms. The van der Waals surface area contributed by atoms with Gasteiger partial charge in [0.05, 0.1) is 13.0 Å². The molecule has 0 fully saturated rings. The zero-order chi connectivity index (χ0) is 14.7. The molecule has 0 N–H and O–H groups in total. The summed E-state index contributed by atoms with van der Waals surface area (Å²) in [5.74, 6) is 0.568. The van der Waals surface area contributed by atoms with Crippen molar-refractivity contribution in [1.82, 2.24) is 0 Å². The van der Waals surface area contributed by atoms with E-state index in [-0.39, 0.29) is 11.9 Å². The van der Waals surface area contributed by atoms with E-state index in [1.165, 1.54) is 16.7 Å². The third-order valence-electron chi connectivity index (χ3n) is 4.25. The van der Waals surface area contributed by atoms with Gasteiger partial charge in [-0.05, 0) is 36.0 Å². The Morgan fingerprint density at radius 3 is 2.43 bits per heavy atom. The zero-order valence-electron chi connectivity index (χ0n) is 12.3. The summed E-state index contributed by atoms with van der Waals surface area (Å²) in [4.78, 5) is 11.8. The molecule has 0 aliphatic heterocycles. The Balaban J connectivity index is 1.88. The largest absolute Gasteiger partial charge is 0.466 e. The van der Waals surface area contributed by atoms with E-state index in [1.807, 2.05) is 13.0 Å². The molecule has 21 heavy (non-hydrogen) atoms. The number of rotatable bonds is 4. The van der Waals surface area contributed by atoms with E-state index >= 15 is 0 Å². The fraction of sp³-hybridized carbons (Fsp3) is 0.316. The average Bonchev–Trinajstić information content (AvgIpc) is 2.87. The van der Waals surface area contributed by atoms with Gasteiger partial charge < -0.3 is 4.74 Å². The first-order valence-corrected chi connectivity index (χ1v) is 7.59. The summed E-state index contributed by atoms with van der Waals surface area (Å²) < 4.78 is 5.12. The third-order valence-corrected chi connectivity index (χ3v) is 4.25. The molecule has 3 rings (SSSR count). The van der Waals surface area contributed by atoms with Crippen LogP contribution in [0.1, 0.15) is 48.3 Å². The molecule has 1 aliphatic carbocycles. The van der Waals surface area contributed by atoms with Crippen molar-refractivity contribution in [2.45, 2.75) is 31.6 Å². The summed E-state index contributed by atoms with van der Waals surface area (Å²) in [6, 6.07) is 19.0. The van der Waals surface area contributed by atoms with Crippen LogP contribution in [0, 0.1) is 0 Å². The van der Waals surface area contributed by atoms with Gasteiger partial charge in [0.2, 0.25) is 0 Å². The van der Waals surface area contributed by atoms with Crippen LogP contribution in [0.2, 0.25) is 0 Å². The molecule has 1 aliphatic rings. The summed E-state index contributed by atoms with van der Waals surface area (Å²) in [6.45, 7) is 2.31. The Kier molecular flexibility index (Phi) is 4.05. The fourth-order valence-electron chi connectivity index (χ4n) is 3.35. The second-order valence-electron chi connectivity index (χ2n) is 5.53. The van der Waals surface area contributed by atoms with Gasteiger partial charge in [-0.2, -0.15) is 0 Å². The van der Waals surface area contributed by atoms with Crippen molar-refractivity contribution in [2.75, 3.05) is 6.61 Å². The topological polar surface area (TPSA) is 26.3 Å². The fourth-order valence-corrected chi connectivity index (χ4v) is 3.35. The van der Waals surface area contributed by atoms with Crippen molar-refractivity contribution < 1.29 is 9.53 Å². The number of hydrogen-bond acceptors (Lipinski definition) is 2. The third kappa shape index (κ3) is 2.85. The van der Waals surface area contributed by atoms with Crippen LogP contribution < -0.4 is 0 Å². The molecule has 2 heteroatoms.